The molecule has 1 saturated carbocycles. The fourth-order valence-electron chi connectivity index (χ4n) is 1.95. The zero-order valence-corrected chi connectivity index (χ0v) is 10.8. The van der Waals surface area contributed by atoms with Gasteiger partial charge in [-0.15, -0.1) is 0 Å². The van der Waals surface area contributed by atoms with Crippen molar-refractivity contribution in [2.24, 2.45) is 5.73 Å². The monoisotopic (exact) mass is 284 g/mol. The van der Waals surface area contributed by atoms with Gasteiger partial charge in [0.1, 0.15) is 0 Å². The summed E-state index contributed by atoms with van der Waals surface area (Å²) in [5, 5.41) is 0. The highest BCUT2D eigenvalue weighted by Crippen LogP contribution is 2.20. The highest BCUT2D eigenvalue weighted by Gasteiger charge is 2.18. The quantitative estimate of drug-likeness (QED) is 0.928. The maximum atomic E-state index is 5.85. The number of halogens is 1. The van der Waals surface area contributed by atoms with Crippen molar-refractivity contribution in [1.29, 1.82) is 0 Å². The predicted molar refractivity (Wildman–Crippen MR) is 67.0 cm³/mol. The topological polar surface area (TPSA) is 48.1 Å². The Labute approximate surface area is 105 Å². The van der Waals surface area contributed by atoms with E-state index in [1.165, 1.54) is 0 Å². The molecule has 0 bridgehead atoms. The minimum Gasteiger partial charge on any atom is -0.372 e. The normalized spacial score (nSPS) is 25.6. The van der Waals surface area contributed by atoms with Gasteiger partial charge < -0.3 is 10.5 Å². The lowest BCUT2D eigenvalue weighted by Gasteiger charge is -2.25. The van der Waals surface area contributed by atoms with E-state index in [9.17, 15) is 0 Å². The number of ether oxygens (including phenoxy) is 1. The summed E-state index contributed by atoms with van der Waals surface area (Å²) in [6, 6.07) is 4.35. The Morgan fingerprint density at radius 1 is 1.31 bits per heavy atom. The minimum absolute atomic E-state index is 0.366. The summed E-state index contributed by atoms with van der Waals surface area (Å²) in [6.45, 7) is 0.604. The van der Waals surface area contributed by atoms with Crippen molar-refractivity contribution < 1.29 is 4.74 Å². The second-order valence-electron chi connectivity index (χ2n) is 4.32. The summed E-state index contributed by atoms with van der Waals surface area (Å²) in [6.07, 6.45) is 6.49. The SMILES string of the molecule is NC1CCC(OCc2ccc(Br)cn2)CC1. The van der Waals surface area contributed by atoms with Crippen molar-refractivity contribution >= 4 is 15.9 Å². The second-order valence-corrected chi connectivity index (χ2v) is 5.23. The summed E-state index contributed by atoms with van der Waals surface area (Å²) in [7, 11) is 0. The van der Waals surface area contributed by atoms with Crippen LogP contribution in [0.4, 0.5) is 0 Å². The van der Waals surface area contributed by atoms with Crippen LogP contribution in [0.3, 0.4) is 0 Å². The maximum absolute atomic E-state index is 5.85. The maximum Gasteiger partial charge on any atom is 0.0891 e. The fourth-order valence-corrected chi connectivity index (χ4v) is 2.18. The van der Waals surface area contributed by atoms with E-state index in [2.05, 4.69) is 20.9 Å². The first-order valence-corrected chi connectivity index (χ1v) is 6.51. The molecule has 88 valence electrons. The van der Waals surface area contributed by atoms with E-state index in [-0.39, 0.29) is 0 Å². The average Bonchev–Trinajstić information content (AvgIpc) is 2.30. The Balaban J connectivity index is 1.77. The minimum atomic E-state index is 0.366. The van der Waals surface area contributed by atoms with E-state index in [0.717, 1.165) is 35.8 Å². The number of nitrogens with two attached hydrogens (primary N) is 1. The molecule has 0 aliphatic heterocycles. The Morgan fingerprint density at radius 3 is 2.69 bits per heavy atom. The predicted octanol–water partition coefficient (Wildman–Crippen LogP) is 2.63. The zero-order chi connectivity index (χ0) is 11.4. The standard InChI is InChI=1S/C12H17BrN2O/c13-9-1-4-11(15-7-9)8-16-12-5-2-10(14)3-6-12/h1,4,7,10,12H,2-3,5-6,8,14H2. The lowest BCUT2D eigenvalue weighted by atomic mass is 9.94. The molecule has 0 atom stereocenters. The Hall–Kier alpha value is -0.450. The summed E-state index contributed by atoms with van der Waals surface area (Å²) >= 11 is 3.36. The molecule has 0 unspecified atom stereocenters. The summed E-state index contributed by atoms with van der Waals surface area (Å²) in [4.78, 5) is 4.28. The zero-order valence-electron chi connectivity index (χ0n) is 9.23. The number of hydrogen-bond acceptors (Lipinski definition) is 3. The van der Waals surface area contributed by atoms with Gasteiger partial charge in [0.05, 0.1) is 18.4 Å². The van der Waals surface area contributed by atoms with Crippen LogP contribution in [0.2, 0.25) is 0 Å². The van der Waals surface area contributed by atoms with Crippen molar-refractivity contribution in [3.63, 3.8) is 0 Å². The van der Waals surface area contributed by atoms with Gasteiger partial charge in [-0.1, -0.05) is 0 Å². The molecule has 1 aromatic rings. The molecular weight excluding hydrogens is 268 g/mol. The highest BCUT2D eigenvalue weighted by molar-refractivity contribution is 9.10. The van der Waals surface area contributed by atoms with Crippen LogP contribution in [-0.4, -0.2) is 17.1 Å². The molecule has 0 radical (unpaired) electrons. The molecule has 2 N–H and O–H groups in total. The number of rotatable bonds is 3. The Bertz CT molecular complexity index is 320. The van der Waals surface area contributed by atoms with E-state index < -0.39 is 0 Å². The van der Waals surface area contributed by atoms with Crippen molar-refractivity contribution in [2.75, 3.05) is 0 Å². The lowest BCUT2D eigenvalue weighted by Crippen LogP contribution is -2.30. The largest absolute Gasteiger partial charge is 0.372 e. The van der Waals surface area contributed by atoms with Crippen molar-refractivity contribution in [3.8, 4) is 0 Å². The molecule has 1 fully saturated rings. The van der Waals surface area contributed by atoms with Gasteiger partial charge in [0.25, 0.3) is 0 Å². The van der Waals surface area contributed by atoms with Gasteiger partial charge in [0.15, 0.2) is 0 Å². The van der Waals surface area contributed by atoms with Crippen LogP contribution in [-0.2, 0) is 11.3 Å². The number of hydrogen-bond donors (Lipinski definition) is 1. The number of pyridine rings is 1. The first-order chi connectivity index (χ1) is 7.74. The molecule has 1 heterocycles. The molecule has 0 saturated heterocycles. The van der Waals surface area contributed by atoms with Gasteiger partial charge >= 0.3 is 0 Å². The number of nitrogens with zero attached hydrogens (tertiary/aromatic N) is 1. The van der Waals surface area contributed by atoms with Crippen molar-refractivity contribution in [1.82, 2.24) is 4.98 Å². The van der Waals surface area contributed by atoms with Crippen LogP contribution in [0, 0.1) is 0 Å². The van der Waals surface area contributed by atoms with Gasteiger partial charge in [-0.2, -0.15) is 0 Å². The lowest BCUT2D eigenvalue weighted by molar-refractivity contribution is 0.0122. The van der Waals surface area contributed by atoms with E-state index in [1.54, 1.807) is 6.20 Å². The first-order valence-electron chi connectivity index (χ1n) is 5.71. The Morgan fingerprint density at radius 2 is 2.06 bits per heavy atom. The van der Waals surface area contributed by atoms with Crippen LogP contribution >= 0.6 is 15.9 Å². The molecule has 0 aromatic carbocycles. The van der Waals surface area contributed by atoms with Crippen LogP contribution in [0.5, 0.6) is 0 Å². The molecule has 0 amide bonds. The molecule has 2 rings (SSSR count). The molecule has 3 nitrogen and oxygen atoms in total. The third-order valence-electron chi connectivity index (χ3n) is 2.97. The van der Waals surface area contributed by atoms with Gasteiger partial charge in [0.2, 0.25) is 0 Å². The van der Waals surface area contributed by atoms with Crippen molar-refractivity contribution in [3.05, 3.63) is 28.5 Å². The summed E-state index contributed by atoms with van der Waals surface area (Å²) < 4.78 is 6.82. The van der Waals surface area contributed by atoms with Crippen LogP contribution in [0.1, 0.15) is 31.4 Å². The molecular formula is C12H17BrN2O. The average molecular weight is 285 g/mol. The van der Waals surface area contributed by atoms with E-state index in [4.69, 9.17) is 10.5 Å². The van der Waals surface area contributed by atoms with Gasteiger partial charge in [-0.05, 0) is 53.7 Å². The van der Waals surface area contributed by atoms with E-state index in [1.807, 2.05) is 12.1 Å². The molecule has 1 aliphatic rings. The smallest absolute Gasteiger partial charge is 0.0891 e. The van der Waals surface area contributed by atoms with Crippen molar-refractivity contribution in [2.45, 2.75) is 44.4 Å². The molecule has 1 aromatic heterocycles. The summed E-state index contributed by atoms with van der Waals surface area (Å²) in [5.41, 5.74) is 6.83. The first kappa shape index (κ1) is 12.0. The Kier molecular flexibility index (Phi) is 4.32. The fraction of sp³-hybridized carbons (Fsp3) is 0.583. The van der Waals surface area contributed by atoms with Crippen LogP contribution in [0.25, 0.3) is 0 Å². The second kappa shape index (κ2) is 5.75. The third kappa shape index (κ3) is 3.54. The van der Waals surface area contributed by atoms with Crippen LogP contribution in [0.15, 0.2) is 22.8 Å². The van der Waals surface area contributed by atoms with Crippen LogP contribution < -0.4 is 5.73 Å². The van der Waals surface area contributed by atoms with Gasteiger partial charge in [-0.25, -0.2) is 0 Å². The van der Waals surface area contributed by atoms with E-state index in [0.29, 0.717) is 18.8 Å². The highest BCUT2D eigenvalue weighted by atomic mass is 79.9. The summed E-state index contributed by atoms with van der Waals surface area (Å²) in [5.74, 6) is 0. The van der Waals surface area contributed by atoms with E-state index >= 15 is 0 Å². The molecule has 0 spiro atoms. The molecule has 16 heavy (non-hydrogen) atoms. The molecule has 1 aliphatic carbocycles. The third-order valence-corrected chi connectivity index (χ3v) is 3.44. The number of aromatic nitrogens is 1. The van der Waals surface area contributed by atoms with Gasteiger partial charge in [-0.3, -0.25) is 4.98 Å². The van der Waals surface area contributed by atoms with Gasteiger partial charge in [0, 0.05) is 16.7 Å². The molecule has 4 heteroatoms.